The molecule has 18 heavy (non-hydrogen) atoms. The number of carboxylic acid groups (broad SMARTS) is 1. The van der Waals surface area contributed by atoms with Gasteiger partial charge in [0.25, 0.3) is 6.01 Å². The number of nitrogens with one attached hydrogen (secondary N) is 1. The Balaban J connectivity index is 0.00000162. The van der Waals surface area contributed by atoms with Crippen molar-refractivity contribution in [2.45, 2.75) is 6.92 Å². The van der Waals surface area contributed by atoms with Crippen molar-refractivity contribution in [2.75, 3.05) is 11.9 Å². The van der Waals surface area contributed by atoms with Crippen LogP contribution in [0.15, 0.2) is 22.6 Å². The number of carbonyl (C=O) groups is 1. The molecule has 1 aromatic heterocycles. The van der Waals surface area contributed by atoms with Crippen LogP contribution < -0.4 is 40.0 Å². The molecule has 0 fully saturated rings. The Hall–Kier alpha value is -1.48. The number of carboxylic acids is 1. The van der Waals surface area contributed by atoms with Crippen molar-refractivity contribution in [1.82, 2.24) is 4.98 Å². The molecule has 0 bridgehead atoms. The van der Waals surface area contributed by atoms with Crippen LogP contribution in [0.3, 0.4) is 0 Å². The van der Waals surface area contributed by atoms with E-state index in [1.165, 1.54) is 12.1 Å². The van der Waals surface area contributed by atoms with Crippen LogP contribution in [0.1, 0.15) is 17.3 Å². The minimum Gasteiger partial charge on any atom is -0.545 e. The standard InChI is InChI=1S/C12H10N2O3.Na/c1-2-3-6-13-12-14-9-7-8(11(15)16)4-5-10(9)17-12;/h4-5,7H,6H2,1H3,(H,13,14)(H,15,16);/q;+1/p-1. The van der Waals surface area contributed by atoms with Crippen LogP contribution in [0, 0.1) is 11.8 Å². The van der Waals surface area contributed by atoms with E-state index in [0.29, 0.717) is 23.7 Å². The third kappa shape index (κ3) is 3.26. The zero-order valence-electron chi connectivity index (χ0n) is 10.1. The number of fused-ring (bicyclic) bond motifs is 1. The molecule has 0 radical (unpaired) electrons. The van der Waals surface area contributed by atoms with Gasteiger partial charge in [-0.2, -0.15) is 4.98 Å². The van der Waals surface area contributed by atoms with E-state index in [9.17, 15) is 9.90 Å². The molecule has 0 unspecified atom stereocenters. The SMILES string of the molecule is CC#CCNc1nc2cc(C(=O)[O-])ccc2o1.[Na+]. The molecule has 86 valence electrons. The van der Waals surface area contributed by atoms with Crippen LogP contribution in [0.5, 0.6) is 0 Å². The number of anilines is 1. The maximum atomic E-state index is 10.7. The van der Waals surface area contributed by atoms with E-state index in [2.05, 4.69) is 22.1 Å². The summed E-state index contributed by atoms with van der Waals surface area (Å²) in [7, 11) is 0. The number of aromatic nitrogens is 1. The van der Waals surface area contributed by atoms with Gasteiger partial charge in [0.1, 0.15) is 5.52 Å². The van der Waals surface area contributed by atoms with Crippen LogP contribution in [0.2, 0.25) is 0 Å². The maximum absolute atomic E-state index is 10.7. The molecular formula is C12H9N2NaO3. The quantitative estimate of drug-likeness (QED) is 0.488. The number of carbonyl (C=O) groups excluding carboxylic acids is 1. The Morgan fingerprint density at radius 1 is 1.56 bits per heavy atom. The zero-order chi connectivity index (χ0) is 12.3. The van der Waals surface area contributed by atoms with Crippen molar-refractivity contribution in [1.29, 1.82) is 0 Å². The molecule has 0 amide bonds. The molecular weight excluding hydrogens is 243 g/mol. The van der Waals surface area contributed by atoms with Gasteiger partial charge in [0.2, 0.25) is 0 Å². The number of benzene rings is 1. The van der Waals surface area contributed by atoms with E-state index < -0.39 is 5.97 Å². The van der Waals surface area contributed by atoms with Gasteiger partial charge < -0.3 is 19.6 Å². The van der Waals surface area contributed by atoms with Gasteiger partial charge in [0.15, 0.2) is 5.58 Å². The molecule has 0 aliphatic rings. The fourth-order valence-electron chi connectivity index (χ4n) is 1.34. The van der Waals surface area contributed by atoms with Crippen molar-refractivity contribution in [2.24, 2.45) is 0 Å². The Labute approximate surface area is 126 Å². The maximum Gasteiger partial charge on any atom is 1.00 e. The van der Waals surface area contributed by atoms with Crippen LogP contribution in [-0.4, -0.2) is 17.5 Å². The van der Waals surface area contributed by atoms with Crippen molar-refractivity contribution in [3.63, 3.8) is 0 Å². The minimum absolute atomic E-state index is 0. The van der Waals surface area contributed by atoms with Crippen molar-refractivity contribution in [3.8, 4) is 11.8 Å². The Kier molecular flexibility index (Phi) is 5.23. The molecule has 0 aliphatic heterocycles. The molecule has 5 nitrogen and oxygen atoms in total. The first-order valence-corrected chi connectivity index (χ1v) is 4.96. The Morgan fingerprint density at radius 3 is 3.00 bits per heavy atom. The van der Waals surface area contributed by atoms with E-state index >= 15 is 0 Å². The van der Waals surface area contributed by atoms with Crippen LogP contribution in [0.4, 0.5) is 6.01 Å². The van der Waals surface area contributed by atoms with Gasteiger partial charge in [-0.3, -0.25) is 0 Å². The third-order valence-corrected chi connectivity index (χ3v) is 2.13. The van der Waals surface area contributed by atoms with E-state index in [1.807, 2.05) is 0 Å². The molecule has 0 spiro atoms. The Morgan fingerprint density at radius 2 is 2.33 bits per heavy atom. The number of aromatic carboxylic acids is 1. The van der Waals surface area contributed by atoms with Gasteiger partial charge in [0.05, 0.1) is 12.5 Å². The third-order valence-electron chi connectivity index (χ3n) is 2.13. The van der Waals surface area contributed by atoms with Crippen LogP contribution in [0.25, 0.3) is 11.1 Å². The van der Waals surface area contributed by atoms with Gasteiger partial charge in [-0.05, 0) is 30.7 Å². The van der Waals surface area contributed by atoms with Gasteiger partial charge in [-0.1, -0.05) is 5.92 Å². The zero-order valence-corrected chi connectivity index (χ0v) is 12.1. The Bertz CT molecular complexity index is 625. The van der Waals surface area contributed by atoms with Crippen LogP contribution in [-0.2, 0) is 0 Å². The largest absolute Gasteiger partial charge is 1.00 e. The summed E-state index contributed by atoms with van der Waals surface area (Å²) < 4.78 is 5.35. The molecule has 0 aliphatic carbocycles. The monoisotopic (exact) mass is 252 g/mol. The van der Waals surface area contributed by atoms with Gasteiger partial charge in [0, 0.05) is 0 Å². The van der Waals surface area contributed by atoms with E-state index in [0.717, 1.165) is 0 Å². The van der Waals surface area contributed by atoms with E-state index in [1.54, 1.807) is 13.0 Å². The summed E-state index contributed by atoms with van der Waals surface area (Å²) >= 11 is 0. The summed E-state index contributed by atoms with van der Waals surface area (Å²) in [5.74, 6) is 4.30. The van der Waals surface area contributed by atoms with E-state index in [4.69, 9.17) is 4.42 Å². The topological polar surface area (TPSA) is 78.2 Å². The first-order valence-electron chi connectivity index (χ1n) is 4.96. The van der Waals surface area contributed by atoms with Crippen molar-refractivity contribution in [3.05, 3.63) is 23.8 Å². The van der Waals surface area contributed by atoms with E-state index in [-0.39, 0.29) is 35.1 Å². The average Bonchev–Trinajstić information content (AvgIpc) is 2.70. The number of oxazole rings is 1. The molecule has 1 heterocycles. The summed E-state index contributed by atoms with van der Waals surface area (Å²) in [6.45, 7) is 2.16. The van der Waals surface area contributed by atoms with Gasteiger partial charge in [-0.25, -0.2) is 0 Å². The number of rotatable bonds is 3. The number of nitrogens with zero attached hydrogens (tertiary/aromatic N) is 1. The summed E-state index contributed by atoms with van der Waals surface area (Å²) in [5.41, 5.74) is 1.06. The predicted octanol–water partition coefficient (Wildman–Crippen LogP) is -2.37. The summed E-state index contributed by atoms with van der Waals surface area (Å²) in [6, 6.07) is 4.69. The fraction of sp³-hybridized carbons (Fsp3) is 0.167. The molecule has 1 aromatic carbocycles. The first-order chi connectivity index (χ1) is 8.20. The van der Waals surface area contributed by atoms with Gasteiger partial charge in [-0.15, -0.1) is 5.92 Å². The predicted molar refractivity (Wildman–Crippen MR) is 60.3 cm³/mol. The van der Waals surface area contributed by atoms with Gasteiger partial charge >= 0.3 is 29.6 Å². The smallest absolute Gasteiger partial charge is 0.545 e. The molecule has 6 heteroatoms. The fourth-order valence-corrected chi connectivity index (χ4v) is 1.34. The second-order valence-electron chi connectivity index (χ2n) is 3.27. The van der Waals surface area contributed by atoms with Crippen molar-refractivity contribution >= 4 is 23.1 Å². The average molecular weight is 252 g/mol. The number of hydrogen-bond donors (Lipinski definition) is 1. The molecule has 1 N–H and O–H groups in total. The minimum atomic E-state index is -1.23. The molecule has 0 saturated heterocycles. The normalized spacial score (nSPS) is 9.17. The summed E-state index contributed by atoms with van der Waals surface area (Å²) in [6.07, 6.45) is 0. The second kappa shape index (κ2) is 6.45. The molecule has 2 aromatic rings. The summed E-state index contributed by atoms with van der Waals surface area (Å²) in [5, 5.41) is 13.5. The molecule has 2 rings (SSSR count). The number of hydrogen-bond acceptors (Lipinski definition) is 5. The molecule has 0 atom stereocenters. The van der Waals surface area contributed by atoms with Crippen molar-refractivity contribution < 1.29 is 43.9 Å². The first kappa shape index (κ1) is 14.6. The van der Waals surface area contributed by atoms with Crippen LogP contribution >= 0.6 is 0 Å². The molecule has 0 saturated carbocycles. The second-order valence-corrected chi connectivity index (χ2v) is 3.27. The summed E-state index contributed by atoms with van der Waals surface area (Å²) in [4.78, 5) is 14.7.